The van der Waals surface area contributed by atoms with Crippen molar-refractivity contribution in [1.82, 2.24) is 5.32 Å². The highest BCUT2D eigenvalue weighted by molar-refractivity contribution is 9.10. The normalized spacial score (nSPS) is 12.8. The molecular weight excluding hydrogens is 529 g/mol. The molecule has 0 saturated heterocycles. The monoisotopic (exact) mass is 573 g/mol. The van der Waals surface area contributed by atoms with E-state index in [1.165, 1.54) is 57.8 Å². The summed E-state index contributed by atoms with van der Waals surface area (Å²) in [6.07, 6.45) is 21.2. The Hall–Kier alpha value is -0.980. The summed E-state index contributed by atoms with van der Waals surface area (Å²) in [6.45, 7) is 2.01. The number of hydrogen-bond acceptors (Lipinski definition) is 3. The summed E-state index contributed by atoms with van der Waals surface area (Å²) >= 11 is 3.38. The first kappa shape index (κ1) is 32.0. The van der Waals surface area contributed by atoms with Gasteiger partial charge in [0.2, 0.25) is 5.91 Å². The molecule has 0 unspecified atom stereocenters. The highest BCUT2D eigenvalue weighted by Crippen LogP contribution is 2.35. The molecule has 6 nitrogen and oxygen atoms in total. The van der Waals surface area contributed by atoms with Crippen LogP contribution in [0, 0.1) is 0 Å². The molecule has 1 aromatic rings. The maximum absolute atomic E-state index is 12.4. The molecule has 35 heavy (non-hydrogen) atoms. The van der Waals surface area contributed by atoms with Crippen molar-refractivity contribution in [3.63, 3.8) is 0 Å². The number of allylic oxidation sites excluding steroid dienone is 2. The van der Waals surface area contributed by atoms with Crippen LogP contribution in [0.25, 0.3) is 0 Å². The van der Waals surface area contributed by atoms with Gasteiger partial charge in [0, 0.05) is 10.9 Å². The second-order valence-corrected chi connectivity index (χ2v) is 11.4. The molecule has 0 aliphatic carbocycles. The second-order valence-electron chi connectivity index (χ2n) is 9.22. The molecule has 1 atom stereocenters. The van der Waals surface area contributed by atoms with Crippen molar-refractivity contribution in [3.8, 4) is 0 Å². The number of nitrogens with one attached hydrogen (secondary N) is 1. The first-order chi connectivity index (χ1) is 16.8. The summed E-state index contributed by atoms with van der Waals surface area (Å²) in [5.41, 5.74) is 0.953. The lowest BCUT2D eigenvalue weighted by Gasteiger charge is -2.19. The Kier molecular flexibility index (Phi) is 18.4. The highest BCUT2D eigenvalue weighted by atomic mass is 79.9. The summed E-state index contributed by atoms with van der Waals surface area (Å²) in [7, 11) is -4.59. The molecule has 0 fully saturated rings. The van der Waals surface area contributed by atoms with Gasteiger partial charge in [-0.3, -0.25) is 9.32 Å². The zero-order valence-corrected chi connectivity index (χ0v) is 23.8. The molecule has 0 spiro atoms. The molecule has 0 bridgehead atoms. The number of rotatable bonds is 21. The molecule has 0 saturated carbocycles. The minimum atomic E-state index is -4.59. The molecular formula is C27H45BrNO5P. The molecule has 0 radical (unpaired) electrons. The minimum absolute atomic E-state index is 0.112. The smallest absolute Gasteiger partial charge is 0.351 e. The highest BCUT2D eigenvalue weighted by Gasteiger charge is 2.20. The fourth-order valence-corrected chi connectivity index (χ4v) is 4.54. The van der Waals surface area contributed by atoms with Crippen LogP contribution >= 0.6 is 23.8 Å². The topological polar surface area (TPSA) is 95.9 Å². The predicted octanol–water partition coefficient (Wildman–Crippen LogP) is 7.62. The molecule has 0 aliphatic heterocycles. The van der Waals surface area contributed by atoms with Gasteiger partial charge in [0.25, 0.3) is 0 Å². The summed E-state index contributed by atoms with van der Waals surface area (Å²) in [4.78, 5) is 30.4. The molecule has 1 aromatic carbocycles. The van der Waals surface area contributed by atoms with Crippen molar-refractivity contribution < 1.29 is 23.7 Å². The fraction of sp³-hybridized carbons (Fsp3) is 0.667. The number of carbonyl (C=O) groups excluding carboxylic acids is 1. The van der Waals surface area contributed by atoms with Gasteiger partial charge in [0.05, 0.1) is 12.6 Å². The van der Waals surface area contributed by atoms with E-state index >= 15 is 0 Å². The summed E-state index contributed by atoms with van der Waals surface area (Å²) in [5.74, 6) is -0.112. The van der Waals surface area contributed by atoms with Gasteiger partial charge in [0.1, 0.15) is 0 Å². The van der Waals surface area contributed by atoms with E-state index in [1.807, 2.05) is 24.3 Å². The average molecular weight is 575 g/mol. The van der Waals surface area contributed by atoms with Crippen LogP contribution in [0.5, 0.6) is 0 Å². The zero-order chi connectivity index (χ0) is 25.8. The van der Waals surface area contributed by atoms with Crippen LogP contribution in [0.1, 0.15) is 102 Å². The summed E-state index contributed by atoms with van der Waals surface area (Å²) in [5, 5.41) is 2.87. The van der Waals surface area contributed by atoms with Crippen LogP contribution in [0.3, 0.4) is 0 Å². The number of halogens is 1. The number of benzene rings is 1. The Balaban J connectivity index is 2.15. The Labute approximate surface area is 220 Å². The van der Waals surface area contributed by atoms with E-state index in [2.05, 4.69) is 44.8 Å². The molecule has 200 valence electrons. The number of phosphoric ester groups is 1. The van der Waals surface area contributed by atoms with Gasteiger partial charge in [0.15, 0.2) is 0 Å². The van der Waals surface area contributed by atoms with Gasteiger partial charge >= 0.3 is 7.82 Å². The van der Waals surface area contributed by atoms with E-state index in [1.54, 1.807) is 0 Å². The number of phosphoric acid groups is 1. The molecule has 0 heterocycles. The van der Waals surface area contributed by atoms with Crippen molar-refractivity contribution in [1.29, 1.82) is 0 Å². The van der Waals surface area contributed by atoms with E-state index < -0.39 is 13.9 Å². The van der Waals surface area contributed by atoms with Crippen molar-refractivity contribution >= 4 is 29.7 Å². The third-order valence-corrected chi connectivity index (χ3v) is 6.88. The largest absolute Gasteiger partial charge is 0.469 e. The lowest BCUT2D eigenvalue weighted by atomic mass is 10.1. The number of amides is 1. The lowest BCUT2D eigenvalue weighted by molar-refractivity contribution is -0.122. The lowest BCUT2D eigenvalue weighted by Crippen LogP contribution is -2.39. The molecule has 1 amide bonds. The summed E-state index contributed by atoms with van der Waals surface area (Å²) < 4.78 is 16.7. The Morgan fingerprint density at radius 1 is 0.943 bits per heavy atom. The van der Waals surface area contributed by atoms with E-state index in [4.69, 9.17) is 9.79 Å². The predicted molar refractivity (Wildman–Crippen MR) is 147 cm³/mol. The van der Waals surface area contributed by atoms with Gasteiger partial charge in [-0.15, -0.1) is 0 Å². The SMILES string of the molecule is CCCCCCCCC=CCCCCCCCC(=O)N[C@H](COP(=O)(O)O)Cc1ccc(Br)cc1. The average Bonchev–Trinajstić information content (AvgIpc) is 2.81. The van der Waals surface area contributed by atoms with Crippen LogP contribution < -0.4 is 5.32 Å². The molecule has 3 N–H and O–H groups in total. The molecule has 0 aromatic heterocycles. The first-order valence-electron chi connectivity index (χ1n) is 13.2. The maximum atomic E-state index is 12.4. The van der Waals surface area contributed by atoms with E-state index in [0.29, 0.717) is 12.8 Å². The third kappa shape index (κ3) is 19.8. The number of hydrogen-bond donors (Lipinski definition) is 3. The quantitative estimate of drug-likeness (QED) is 0.0798. The van der Waals surface area contributed by atoms with Crippen molar-refractivity contribution in [2.24, 2.45) is 0 Å². The van der Waals surface area contributed by atoms with Gasteiger partial charge in [-0.2, -0.15) is 0 Å². The van der Waals surface area contributed by atoms with Gasteiger partial charge < -0.3 is 15.1 Å². The van der Waals surface area contributed by atoms with Crippen molar-refractivity contribution in [2.45, 2.75) is 109 Å². The summed E-state index contributed by atoms with van der Waals surface area (Å²) in [6, 6.07) is 7.10. The van der Waals surface area contributed by atoms with Crippen molar-refractivity contribution in [2.75, 3.05) is 6.61 Å². The van der Waals surface area contributed by atoms with Gasteiger partial charge in [-0.25, -0.2) is 4.57 Å². The van der Waals surface area contributed by atoms with Crippen LogP contribution in [-0.2, 0) is 20.3 Å². The number of unbranched alkanes of at least 4 members (excludes halogenated alkanes) is 11. The van der Waals surface area contributed by atoms with Crippen LogP contribution in [0.15, 0.2) is 40.9 Å². The Morgan fingerprint density at radius 2 is 1.49 bits per heavy atom. The standard InChI is InChI=1S/C27H45BrNO5P/c1-2-3-4-5-6-7-8-9-10-11-12-13-14-15-16-17-27(30)29-26(23-34-35(31,32)33)22-24-18-20-25(28)21-19-24/h9-10,18-21,26H,2-8,11-17,22-23H2,1H3,(H,29,30)(H2,31,32,33)/t26-/m0/s1. The molecule has 1 rings (SSSR count). The second kappa shape index (κ2) is 20.1. The Bertz CT molecular complexity index is 750. The van der Waals surface area contributed by atoms with E-state index in [9.17, 15) is 9.36 Å². The van der Waals surface area contributed by atoms with Gasteiger partial charge in [-0.1, -0.05) is 98.5 Å². The molecule has 0 aliphatic rings. The van der Waals surface area contributed by atoms with E-state index in [0.717, 1.165) is 35.7 Å². The van der Waals surface area contributed by atoms with Crippen LogP contribution in [0.2, 0.25) is 0 Å². The maximum Gasteiger partial charge on any atom is 0.469 e. The van der Waals surface area contributed by atoms with Crippen LogP contribution in [0.4, 0.5) is 0 Å². The van der Waals surface area contributed by atoms with Gasteiger partial charge in [-0.05, 0) is 56.2 Å². The Morgan fingerprint density at radius 3 is 2.06 bits per heavy atom. The fourth-order valence-electron chi connectivity index (χ4n) is 3.90. The van der Waals surface area contributed by atoms with E-state index in [-0.39, 0.29) is 12.5 Å². The minimum Gasteiger partial charge on any atom is -0.351 e. The number of carbonyl (C=O) groups is 1. The first-order valence-corrected chi connectivity index (χ1v) is 15.5. The molecule has 8 heteroatoms. The van der Waals surface area contributed by atoms with Crippen molar-refractivity contribution in [3.05, 3.63) is 46.5 Å². The zero-order valence-electron chi connectivity index (χ0n) is 21.3. The van der Waals surface area contributed by atoms with Crippen LogP contribution in [-0.4, -0.2) is 28.3 Å². The third-order valence-electron chi connectivity index (χ3n) is 5.87.